The van der Waals surface area contributed by atoms with Crippen LogP contribution in [0.5, 0.6) is 5.75 Å². The summed E-state index contributed by atoms with van der Waals surface area (Å²) in [4.78, 5) is 39.7. The number of anilines is 1. The number of fused-ring (bicyclic) bond motifs is 5. The molecule has 0 spiro atoms. The molecule has 3 aliphatic rings. The third-order valence-electron chi connectivity index (χ3n) is 6.33. The Balaban J connectivity index is 1.48. The van der Waals surface area contributed by atoms with E-state index in [-0.39, 0.29) is 52.5 Å². The Hall–Kier alpha value is -3.02. The molecule has 2 aliphatic carbocycles. The number of esters is 1. The lowest BCUT2D eigenvalue weighted by atomic mass is 9.81. The normalized spacial score (nSPS) is 28.0. The summed E-state index contributed by atoms with van der Waals surface area (Å²) in [5.74, 6) is -1.90. The molecule has 2 bridgehead atoms. The predicted molar refractivity (Wildman–Crippen MR) is 98.1 cm³/mol. The van der Waals surface area contributed by atoms with E-state index >= 15 is 0 Å². The van der Waals surface area contributed by atoms with Gasteiger partial charge in [0.1, 0.15) is 5.82 Å². The number of hydrogen-bond donors (Lipinski definition) is 0. The van der Waals surface area contributed by atoms with Crippen LogP contribution in [0.25, 0.3) is 0 Å². The van der Waals surface area contributed by atoms with Crippen molar-refractivity contribution in [2.75, 3.05) is 4.90 Å². The molecule has 0 radical (unpaired) electrons. The summed E-state index contributed by atoms with van der Waals surface area (Å²) in [6.45, 7) is 0. The van der Waals surface area contributed by atoms with Crippen molar-refractivity contribution in [2.45, 2.75) is 19.3 Å². The average Bonchev–Trinajstić information content (AvgIpc) is 3.37. The van der Waals surface area contributed by atoms with Gasteiger partial charge in [-0.25, -0.2) is 14.1 Å². The van der Waals surface area contributed by atoms with Gasteiger partial charge in [-0.3, -0.25) is 9.59 Å². The Morgan fingerprint density at radius 3 is 2.21 bits per heavy atom. The number of imide groups is 1. The fraction of sp³-hybridized carbons (Fsp3) is 0.318. The van der Waals surface area contributed by atoms with Crippen molar-refractivity contribution in [1.29, 1.82) is 0 Å². The van der Waals surface area contributed by atoms with E-state index in [4.69, 9.17) is 4.74 Å². The highest BCUT2D eigenvalue weighted by atomic mass is 19.1. The number of halogens is 1. The second-order valence-corrected chi connectivity index (χ2v) is 7.73. The first-order valence-electron chi connectivity index (χ1n) is 9.50. The summed E-state index contributed by atoms with van der Waals surface area (Å²) in [7, 11) is 0. The van der Waals surface area contributed by atoms with Crippen LogP contribution >= 0.6 is 0 Å². The average molecular weight is 379 g/mol. The maximum Gasteiger partial charge on any atom is 0.346 e. The Morgan fingerprint density at radius 1 is 0.929 bits per heavy atom. The Labute approximate surface area is 161 Å². The lowest BCUT2D eigenvalue weighted by molar-refractivity contribution is -0.123. The molecule has 6 heteroatoms. The first-order chi connectivity index (χ1) is 13.6. The highest BCUT2D eigenvalue weighted by Crippen LogP contribution is 2.57. The smallest absolute Gasteiger partial charge is 0.346 e. The molecule has 142 valence electrons. The number of para-hydroxylation sites is 2. The van der Waals surface area contributed by atoms with Crippen molar-refractivity contribution in [3.05, 3.63) is 59.9 Å². The monoisotopic (exact) mass is 379 g/mol. The van der Waals surface area contributed by atoms with E-state index in [1.165, 1.54) is 35.2 Å². The van der Waals surface area contributed by atoms with Gasteiger partial charge in [0, 0.05) is 0 Å². The fourth-order valence-corrected chi connectivity index (χ4v) is 5.16. The van der Waals surface area contributed by atoms with Gasteiger partial charge in [-0.1, -0.05) is 24.3 Å². The molecule has 3 fully saturated rings. The molecule has 1 saturated heterocycles. The van der Waals surface area contributed by atoms with E-state index in [0.29, 0.717) is 0 Å². The van der Waals surface area contributed by atoms with Crippen molar-refractivity contribution < 1.29 is 23.5 Å². The van der Waals surface area contributed by atoms with Crippen molar-refractivity contribution in [2.24, 2.45) is 23.7 Å². The maximum absolute atomic E-state index is 13.9. The van der Waals surface area contributed by atoms with Gasteiger partial charge in [-0.05, 0) is 55.4 Å². The zero-order valence-electron chi connectivity index (χ0n) is 15.0. The van der Waals surface area contributed by atoms with Crippen molar-refractivity contribution in [3.63, 3.8) is 0 Å². The van der Waals surface area contributed by atoms with E-state index in [1.54, 1.807) is 18.2 Å². The molecule has 1 heterocycles. The summed E-state index contributed by atoms with van der Waals surface area (Å²) in [5, 5.41) is 0. The van der Waals surface area contributed by atoms with Gasteiger partial charge in [0.15, 0.2) is 5.75 Å². The number of ether oxygens (including phenoxy) is 1. The SMILES string of the molecule is O=C(Oc1ccccc1N1C(=O)[C@@H]2[C@@H]3CC[C@H](C3)[C@@H]2C1=O)c1ccccc1F. The van der Waals surface area contributed by atoms with Crippen LogP contribution in [0.1, 0.15) is 29.6 Å². The molecule has 0 N–H and O–H groups in total. The van der Waals surface area contributed by atoms with Gasteiger partial charge in [0.25, 0.3) is 0 Å². The minimum absolute atomic E-state index is 0.0739. The Bertz CT molecular complexity index is 976. The van der Waals surface area contributed by atoms with Crippen LogP contribution in [0, 0.1) is 29.5 Å². The molecule has 5 rings (SSSR count). The molecular formula is C22H18FNO4. The second kappa shape index (κ2) is 6.26. The van der Waals surface area contributed by atoms with E-state index in [9.17, 15) is 18.8 Å². The van der Waals surface area contributed by atoms with Crippen LogP contribution < -0.4 is 9.64 Å². The van der Waals surface area contributed by atoms with Gasteiger partial charge in [0.2, 0.25) is 11.8 Å². The molecule has 2 aromatic rings. The summed E-state index contributed by atoms with van der Waals surface area (Å²) in [6.07, 6.45) is 2.93. The summed E-state index contributed by atoms with van der Waals surface area (Å²) >= 11 is 0. The van der Waals surface area contributed by atoms with Crippen molar-refractivity contribution in [3.8, 4) is 5.75 Å². The topological polar surface area (TPSA) is 63.7 Å². The van der Waals surface area contributed by atoms with E-state index < -0.39 is 11.8 Å². The third kappa shape index (κ3) is 2.40. The molecule has 2 amide bonds. The van der Waals surface area contributed by atoms with Crippen LogP contribution in [-0.4, -0.2) is 17.8 Å². The largest absolute Gasteiger partial charge is 0.421 e. The van der Waals surface area contributed by atoms with Gasteiger partial charge in [-0.15, -0.1) is 0 Å². The van der Waals surface area contributed by atoms with Crippen molar-refractivity contribution >= 4 is 23.5 Å². The minimum atomic E-state index is -0.870. The number of carbonyl (C=O) groups excluding carboxylic acids is 3. The van der Waals surface area contributed by atoms with E-state index in [0.717, 1.165) is 19.3 Å². The van der Waals surface area contributed by atoms with E-state index in [2.05, 4.69) is 0 Å². The molecule has 2 saturated carbocycles. The summed E-state index contributed by atoms with van der Waals surface area (Å²) in [5.41, 5.74) is 0.0438. The van der Waals surface area contributed by atoms with Crippen LogP contribution in [0.3, 0.4) is 0 Å². The number of hydrogen-bond acceptors (Lipinski definition) is 4. The first kappa shape index (κ1) is 17.1. The molecule has 1 aliphatic heterocycles. The molecule has 28 heavy (non-hydrogen) atoms. The Kier molecular flexibility index (Phi) is 3.82. The molecule has 0 unspecified atom stereocenters. The third-order valence-corrected chi connectivity index (χ3v) is 6.33. The number of amides is 2. The number of nitrogens with zero attached hydrogens (tertiary/aromatic N) is 1. The first-order valence-corrected chi connectivity index (χ1v) is 9.50. The zero-order valence-corrected chi connectivity index (χ0v) is 15.0. The van der Waals surface area contributed by atoms with E-state index in [1.807, 2.05) is 0 Å². The van der Waals surface area contributed by atoms with Crippen LogP contribution in [0.15, 0.2) is 48.5 Å². The van der Waals surface area contributed by atoms with Crippen LogP contribution in [0.2, 0.25) is 0 Å². The number of rotatable bonds is 3. The lowest BCUT2D eigenvalue weighted by Crippen LogP contribution is -2.33. The minimum Gasteiger partial charge on any atom is -0.421 e. The summed E-state index contributed by atoms with van der Waals surface area (Å²) in [6, 6.07) is 11.9. The lowest BCUT2D eigenvalue weighted by Gasteiger charge is -2.20. The molecule has 2 aromatic carbocycles. The predicted octanol–water partition coefficient (Wildman–Crippen LogP) is 3.58. The summed E-state index contributed by atoms with van der Waals surface area (Å²) < 4.78 is 19.3. The molecule has 5 nitrogen and oxygen atoms in total. The zero-order chi connectivity index (χ0) is 19.4. The van der Waals surface area contributed by atoms with Crippen LogP contribution in [0.4, 0.5) is 10.1 Å². The molecule has 0 aromatic heterocycles. The molecular weight excluding hydrogens is 361 g/mol. The van der Waals surface area contributed by atoms with Gasteiger partial charge < -0.3 is 4.74 Å². The van der Waals surface area contributed by atoms with Crippen LogP contribution in [-0.2, 0) is 9.59 Å². The quantitative estimate of drug-likeness (QED) is 0.465. The maximum atomic E-state index is 13.9. The highest BCUT2D eigenvalue weighted by Gasteiger charge is 2.61. The Morgan fingerprint density at radius 2 is 1.54 bits per heavy atom. The second-order valence-electron chi connectivity index (χ2n) is 7.73. The highest BCUT2D eigenvalue weighted by molar-refractivity contribution is 6.23. The number of carbonyl (C=O) groups is 3. The molecule has 4 atom stereocenters. The van der Waals surface area contributed by atoms with Gasteiger partial charge in [0.05, 0.1) is 23.1 Å². The van der Waals surface area contributed by atoms with Gasteiger partial charge >= 0.3 is 5.97 Å². The standard InChI is InChI=1S/C22H18FNO4/c23-15-6-2-1-5-14(15)22(27)28-17-8-4-3-7-16(17)24-20(25)18-12-9-10-13(11-12)19(18)21(24)26/h1-8,12-13,18-19H,9-11H2/t12-,13-,18-,19+/m1/s1. The fourth-order valence-electron chi connectivity index (χ4n) is 5.16. The number of benzene rings is 2. The van der Waals surface area contributed by atoms with Crippen molar-refractivity contribution in [1.82, 2.24) is 0 Å². The van der Waals surface area contributed by atoms with Gasteiger partial charge in [-0.2, -0.15) is 0 Å².